The van der Waals surface area contributed by atoms with Gasteiger partial charge in [-0.2, -0.15) is 0 Å². The standard InChI is InChI=1S/C14H20ClN3O/c1-9(2)8-18(11-4-5-11)14(19)12-7-10(15)3-6-13(12)17-16/h3,6-7,9,11,17H,4-5,8,16H2,1-2H3. The summed E-state index contributed by atoms with van der Waals surface area (Å²) in [6.45, 7) is 4.99. The minimum Gasteiger partial charge on any atom is -0.335 e. The second-order valence-electron chi connectivity index (χ2n) is 5.42. The van der Waals surface area contributed by atoms with Gasteiger partial charge in [0.15, 0.2) is 0 Å². The highest BCUT2D eigenvalue weighted by Gasteiger charge is 2.34. The van der Waals surface area contributed by atoms with Gasteiger partial charge < -0.3 is 10.3 Å². The molecular weight excluding hydrogens is 262 g/mol. The number of carbonyl (C=O) groups excluding carboxylic acids is 1. The van der Waals surface area contributed by atoms with Crippen molar-refractivity contribution in [2.75, 3.05) is 12.0 Å². The third-order valence-electron chi connectivity index (χ3n) is 3.18. The van der Waals surface area contributed by atoms with Gasteiger partial charge in [-0.15, -0.1) is 0 Å². The number of hydrogen-bond donors (Lipinski definition) is 2. The van der Waals surface area contributed by atoms with Gasteiger partial charge in [-0.05, 0) is 37.0 Å². The van der Waals surface area contributed by atoms with E-state index in [0.717, 1.165) is 19.4 Å². The highest BCUT2D eigenvalue weighted by Crippen LogP contribution is 2.31. The maximum absolute atomic E-state index is 12.7. The van der Waals surface area contributed by atoms with Crippen LogP contribution >= 0.6 is 11.6 Å². The number of halogens is 1. The predicted octanol–water partition coefficient (Wildman–Crippen LogP) is 2.89. The van der Waals surface area contributed by atoms with E-state index in [1.165, 1.54) is 0 Å². The number of nitrogens with two attached hydrogens (primary N) is 1. The predicted molar refractivity (Wildman–Crippen MR) is 78.2 cm³/mol. The van der Waals surface area contributed by atoms with Crippen molar-refractivity contribution in [1.82, 2.24) is 4.90 Å². The molecule has 1 saturated carbocycles. The lowest BCUT2D eigenvalue weighted by molar-refractivity contribution is 0.0723. The average Bonchev–Trinajstić information content (AvgIpc) is 3.19. The Morgan fingerprint density at radius 3 is 2.74 bits per heavy atom. The molecule has 2 rings (SSSR count). The largest absolute Gasteiger partial charge is 0.335 e. The zero-order valence-electron chi connectivity index (χ0n) is 11.3. The number of rotatable bonds is 5. The molecule has 104 valence electrons. The van der Waals surface area contributed by atoms with Gasteiger partial charge in [0.05, 0.1) is 11.3 Å². The second kappa shape index (κ2) is 5.80. The lowest BCUT2D eigenvalue weighted by Gasteiger charge is -2.25. The van der Waals surface area contributed by atoms with Crippen molar-refractivity contribution in [3.8, 4) is 0 Å². The molecule has 1 aromatic carbocycles. The Hall–Kier alpha value is -1.26. The maximum atomic E-state index is 12.7. The fourth-order valence-corrected chi connectivity index (χ4v) is 2.32. The number of hydrazine groups is 1. The fourth-order valence-electron chi connectivity index (χ4n) is 2.15. The number of anilines is 1. The molecule has 0 aromatic heterocycles. The van der Waals surface area contributed by atoms with Gasteiger partial charge in [0.1, 0.15) is 0 Å². The van der Waals surface area contributed by atoms with Crippen molar-refractivity contribution in [2.45, 2.75) is 32.7 Å². The molecule has 0 atom stereocenters. The fraction of sp³-hybridized carbons (Fsp3) is 0.500. The van der Waals surface area contributed by atoms with Gasteiger partial charge in [-0.3, -0.25) is 10.6 Å². The van der Waals surface area contributed by atoms with E-state index in [4.69, 9.17) is 17.4 Å². The minimum absolute atomic E-state index is 0.00616. The summed E-state index contributed by atoms with van der Waals surface area (Å²) in [6, 6.07) is 5.50. The highest BCUT2D eigenvalue weighted by molar-refractivity contribution is 6.31. The third kappa shape index (κ3) is 3.39. The number of hydrogen-bond acceptors (Lipinski definition) is 3. The number of nitrogens with one attached hydrogen (secondary N) is 1. The van der Waals surface area contributed by atoms with Crippen LogP contribution in [-0.2, 0) is 0 Å². The van der Waals surface area contributed by atoms with E-state index in [1.807, 2.05) is 4.90 Å². The van der Waals surface area contributed by atoms with Crippen LogP contribution in [0.1, 0.15) is 37.0 Å². The number of nitrogens with zero attached hydrogens (tertiary/aromatic N) is 1. The second-order valence-corrected chi connectivity index (χ2v) is 5.85. The molecule has 0 aliphatic heterocycles. The Labute approximate surface area is 118 Å². The van der Waals surface area contributed by atoms with Crippen LogP contribution < -0.4 is 11.3 Å². The van der Waals surface area contributed by atoms with E-state index >= 15 is 0 Å². The van der Waals surface area contributed by atoms with Crippen molar-refractivity contribution in [3.63, 3.8) is 0 Å². The maximum Gasteiger partial charge on any atom is 0.256 e. The van der Waals surface area contributed by atoms with Crippen LogP contribution in [0.4, 0.5) is 5.69 Å². The van der Waals surface area contributed by atoms with Gasteiger partial charge in [0.25, 0.3) is 5.91 Å². The van der Waals surface area contributed by atoms with Gasteiger partial charge in [-0.25, -0.2) is 0 Å². The first-order valence-corrected chi connectivity index (χ1v) is 6.98. The molecule has 5 heteroatoms. The monoisotopic (exact) mass is 281 g/mol. The first kappa shape index (κ1) is 14.2. The molecule has 0 heterocycles. The van der Waals surface area contributed by atoms with Gasteiger partial charge in [0.2, 0.25) is 0 Å². The van der Waals surface area contributed by atoms with Gasteiger partial charge in [-0.1, -0.05) is 25.4 Å². The molecule has 1 aromatic rings. The van der Waals surface area contributed by atoms with Crippen LogP contribution in [0.15, 0.2) is 18.2 Å². The summed E-state index contributed by atoms with van der Waals surface area (Å²) in [5, 5.41) is 0.544. The molecule has 1 amide bonds. The zero-order valence-corrected chi connectivity index (χ0v) is 12.1. The summed E-state index contributed by atoms with van der Waals surface area (Å²) < 4.78 is 0. The van der Waals surface area contributed by atoms with Gasteiger partial charge >= 0.3 is 0 Å². The molecule has 0 spiro atoms. The summed E-state index contributed by atoms with van der Waals surface area (Å²) in [5.41, 5.74) is 3.72. The quantitative estimate of drug-likeness (QED) is 0.644. The Morgan fingerprint density at radius 1 is 1.53 bits per heavy atom. The molecular formula is C14H20ClN3O. The van der Waals surface area contributed by atoms with E-state index < -0.39 is 0 Å². The lowest BCUT2D eigenvalue weighted by atomic mass is 10.1. The molecule has 0 bridgehead atoms. The highest BCUT2D eigenvalue weighted by atomic mass is 35.5. The Bertz CT molecular complexity index is 472. The van der Waals surface area contributed by atoms with Crippen LogP contribution in [0, 0.1) is 5.92 Å². The van der Waals surface area contributed by atoms with E-state index in [9.17, 15) is 4.79 Å². The van der Waals surface area contributed by atoms with Crippen LogP contribution in [0.25, 0.3) is 0 Å². The zero-order chi connectivity index (χ0) is 14.0. The number of benzene rings is 1. The first-order valence-electron chi connectivity index (χ1n) is 6.60. The van der Waals surface area contributed by atoms with Gasteiger partial charge in [0, 0.05) is 17.6 Å². The summed E-state index contributed by atoms with van der Waals surface area (Å²) >= 11 is 5.98. The SMILES string of the molecule is CC(C)CN(C(=O)c1cc(Cl)ccc1NN)C1CC1. The van der Waals surface area contributed by atoms with Crippen LogP contribution in [0.3, 0.4) is 0 Å². The molecule has 4 nitrogen and oxygen atoms in total. The normalized spacial score (nSPS) is 14.6. The van der Waals surface area contributed by atoms with Crippen molar-refractivity contribution < 1.29 is 4.79 Å². The van der Waals surface area contributed by atoms with Crippen LogP contribution in [0.2, 0.25) is 5.02 Å². The molecule has 19 heavy (non-hydrogen) atoms. The number of carbonyl (C=O) groups is 1. The van der Waals surface area contributed by atoms with Crippen molar-refractivity contribution in [3.05, 3.63) is 28.8 Å². The molecule has 1 aliphatic rings. The van der Waals surface area contributed by atoms with Crippen LogP contribution in [-0.4, -0.2) is 23.4 Å². The van der Waals surface area contributed by atoms with Crippen molar-refractivity contribution in [1.29, 1.82) is 0 Å². The van der Waals surface area contributed by atoms with Crippen molar-refractivity contribution in [2.24, 2.45) is 11.8 Å². The number of amides is 1. The molecule has 1 fully saturated rings. The number of nitrogen functional groups attached to an aromatic ring is 1. The Kier molecular flexibility index (Phi) is 4.32. The summed E-state index contributed by atoms with van der Waals surface area (Å²) in [5.74, 6) is 5.92. The van der Waals surface area contributed by atoms with Crippen LogP contribution in [0.5, 0.6) is 0 Å². The van der Waals surface area contributed by atoms with Crippen molar-refractivity contribution >= 4 is 23.2 Å². The van der Waals surface area contributed by atoms with E-state index in [0.29, 0.717) is 28.2 Å². The summed E-state index contributed by atoms with van der Waals surface area (Å²) in [6.07, 6.45) is 2.18. The molecule has 0 radical (unpaired) electrons. The van der Waals surface area contributed by atoms with E-state index in [-0.39, 0.29) is 5.91 Å². The molecule has 0 saturated heterocycles. The molecule has 0 unspecified atom stereocenters. The minimum atomic E-state index is 0.00616. The topological polar surface area (TPSA) is 58.4 Å². The van der Waals surface area contributed by atoms with E-state index in [2.05, 4.69) is 19.3 Å². The third-order valence-corrected chi connectivity index (χ3v) is 3.41. The smallest absolute Gasteiger partial charge is 0.256 e. The lowest BCUT2D eigenvalue weighted by Crippen LogP contribution is -2.36. The average molecular weight is 282 g/mol. The summed E-state index contributed by atoms with van der Waals surface area (Å²) in [7, 11) is 0. The summed E-state index contributed by atoms with van der Waals surface area (Å²) in [4.78, 5) is 14.6. The van der Waals surface area contributed by atoms with E-state index in [1.54, 1.807) is 18.2 Å². The molecule has 1 aliphatic carbocycles. The first-order chi connectivity index (χ1) is 9.02. The molecule has 3 N–H and O–H groups in total. The Balaban J connectivity index is 2.28. The Morgan fingerprint density at radius 2 is 2.21 bits per heavy atom.